The third kappa shape index (κ3) is 3.52. The predicted octanol–water partition coefficient (Wildman–Crippen LogP) is 3.83. The van der Waals surface area contributed by atoms with Crippen molar-refractivity contribution in [1.82, 2.24) is 20.5 Å². The van der Waals surface area contributed by atoms with E-state index in [2.05, 4.69) is 20.5 Å². The number of hydrogen-bond acceptors (Lipinski definition) is 3. The average molecular weight is 364 g/mol. The van der Waals surface area contributed by atoms with E-state index in [0.29, 0.717) is 16.5 Å². The van der Waals surface area contributed by atoms with Gasteiger partial charge in [-0.3, -0.25) is 14.9 Å². The number of H-pyrrole nitrogens is 1. The summed E-state index contributed by atoms with van der Waals surface area (Å²) in [5.74, 6) is -1.81. The van der Waals surface area contributed by atoms with Crippen LogP contribution in [0.15, 0.2) is 60.9 Å². The molecule has 7 heteroatoms. The molecule has 5 nitrogen and oxygen atoms in total. The SMILES string of the molecule is O=C(NCc1cc(F)cc(F)c1)c1n[nH]c2ccc(-c3cccnc3)cc12. The zero-order valence-electron chi connectivity index (χ0n) is 14.0. The van der Waals surface area contributed by atoms with E-state index in [1.54, 1.807) is 12.4 Å². The maximum atomic E-state index is 13.3. The van der Waals surface area contributed by atoms with Gasteiger partial charge in [-0.2, -0.15) is 5.10 Å². The Morgan fingerprint density at radius 2 is 1.85 bits per heavy atom. The summed E-state index contributed by atoms with van der Waals surface area (Å²) in [6.45, 7) is -0.00976. The molecule has 0 spiro atoms. The Morgan fingerprint density at radius 3 is 2.59 bits per heavy atom. The molecule has 0 unspecified atom stereocenters. The third-order valence-electron chi connectivity index (χ3n) is 4.15. The number of hydrogen-bond donors (Lipinski definition) is 2. The van der Waals surface area contributed by atoms with Gasteiger partial charge < -0.3 is 5.32 Å². The largest absolute Gasteiger partial charge is 0.347 e. The van der Waals surface area contributed by atoms with Gasteiger partial charge in [-0.1, -0.05) is 12.1 Å². The van der Waals surface area contributed by atoms with E-state index in [-0.39, 0.29) is 12.2 Å². The molecular formula is C20H14F2N4O. The fourth-order valence-corrected chi connectivity index (χ4v) is 2.88. The first-order chi connectivity index (χ1) is 13.1. The summed E-state index contributed by atoms with van der Waals surface area (Å²) < 4.78 is 26.5. The van der Waals surface area contributed by atoms with Gasteiger partial charge >= 0.3 is 0 Å². The Labute approximate surface area is 153 Å². The summed E-state index contributed by atoms with van der Waals surface area (Å²) in [6, 6.07) is 12.5. The summed E-state index contributed by atoms with van der Waals surface area (Å²) in [7, 11) is 0. The highest BCUT2D eigenvalue weighted by atomic mass is 19.1. The number of carbonyl (C=O) groups is 1. The molecule has 27 heavy (non-hydrogen) atoms. The van der Waals surface area contributed by atoms with Crippen LogP contribution in [-0.2, 0) is 6.54 Å². The van der Waals surface area contributed by atoms with E-state index in [9.17, 15) is 13.6 Å². The van der Waals surface area contributed by atoms with Crippen LogP contribution in [-0.4, -0.2) is 21.1 Å². The number of nitrogens with zero attached hydrogens (tertiary/aromatic N) is 2. The van der Waals surface area contributed by atoms with Crippen molar-refractivity contribution in [2.75, 3.05) is 0 Å². The van der Waals surface area contributed by atoms with Crippen molar-refractivity contribution in [1.29, 1.82) is 0 Å². The fraction of sp³-hybridized carbons (Fsp3) is 0.0500. The minimum absolute atomic E-state index is 0.00976. The second kappa shape index (κ2) is 6.95. The summed E-state index contributed by atoms with van der Waals surface area (Å²) in [6.07, 6.45) is 3.42. The average Bonchev–Trinajstić information content (AvgIpc) is 3.09. The van der Waals surface area contributed by atoms with Gasteiger partial charge in [0.15, 0.2) is 5.69 Å². The zero-order valence-corrected chi connectivity index (χ0v) is 14.0. The molecule has 0 radical (unpaired) electrons. The lowest BCUT2D eigenvalue weighted by atomic mass is 10.0. The van der Waals surface area contributed by atoms with Crippen LogP contribution >= 0.6 is 0 Å². The van der Waals surface area contributed by atoms with E-state index in [4.69, 9.17) is 0 Å². The van der Waals surface area contributed by atoms with Gasteiger partial charge in [0.1, 0.15) is 11.6 Å². The Balaban J connectivity index is 1.60. The summed E-state index contributed by atoms with van der Waals surface area (Å²) in [5.41, 5.74) is 3.08. The molecule has 0 saturated carbocycles. The van der Waals surface area contributed by atoms with Crippen LogP contribution in [0.25, 0.3) is 22.0 Å². The number of benzene rings is 2. The van der Waals surface area contributed by atoms with Crippen LogP contribution in [0.4, 0.5) is 8.78 Å². The molecule has 134 valence electrons. The zero-order chi connectivity index (χ0) is 18.8. The van der Waals surface area contributed by atoms with Gasteiger partial charge in [-0.15, -0.1) is 0 Å². The normalized spacial score (nSPS) is 10.9. The van der Waals surface area contributed by atoms with Gasteiger partial charge in [0.05, 0.1) is 5.52 Å². The molecule has 1 amide bonds. The first-order valence-electron chi connectivity index (χ1n) is 8.22. The number of pyridine rings is 1. The van der Waals surface area contributed by atoms with Crippen LogP contribution in [0.2, 0.25) is 0 Å². The molecule has 2 aromatic carbocycles. The standard InChI is InChI=1S/C20H14F2N4O/c21-15-6-12(7-16(22)9-15)10-24-20(27)19-17-8-13(3-4-18(17)25-26-19)14-2-1-5-23-11-14/h1-9,11H,10H2,(H,24,27)(H,25,26). The molecule has 0 saturated heterocycles. The van der Waals surface area contributed by atoms with Gasteiger partial charge in [0.2, 0.25) is 0 Å². The topological polar surface area (TPSA) is 70.7 Å². The molecule has 0 aliphatic carbocycles. The van der Waals surface area contributed by atoms with Crippen LogP contribution < -0.4 is 5.32 Å². The van der Waals surface area contributed by atoms with E-state index in [1.807, 2.05) is 30.3 Å². The second-order valence-electron chi connectivity index (χ2n) is 6.03. The molecule has 0 aliphatic heterocycles. The van der Waals surface area contributed by atoms with Crippen molar-refractivity contribution in [2.24, 2.45) is 0 Å². The minimum atomic E-state index is -0.689. The molecule has 4 aromatic rings. The Hall–Kier alpha value is -3.61. The van der Waals surface area contributed by atoms with Crippen molar-refractivity contribution in [3.05, 3.63) is 83.8 Å². The quantitative estimate of drug-likeness (QED) is 0.578. The second-order valence-corrected chi connectivity index (χ2v) is 6.03. The molecule has 0 aliphatic rings. The fourth-order valence-electron chi connectivity index (χ4n) is 2.88. The van der Waals surface area contributed by atoms with E-state index in [0.717, 1.165) is 17.2 Å². The van der Waals surface area contributed by atoms with E-state index >= 15 is 0 Å². The summed E-state index contributed by atoms with van der Waals surface area (Å²) >= 11 is 0. The minimum Gasteiger partial charge on any atom is -0.347 e. The third-order valence-corrected chi connectivity index (χ3v) is 4.15. The van der Waals surface area contributed by atoms with Crippen LogP contribution in [0.5, 0.6) is 0 Å². The molecule has 2 aromatic heterocycles. The highest BCUT2D eigenvalue weighted by molar-refractivity contribution is 6.05. The number of halogens is 2. The number of fused-ring (bicyclic) bond motifs is 1. The van der Waals surface area contributed by atoms with Crippen molar-refractivity contribution in [2.45, 2.75) is 6.54 Å². The van der Waals surface area contributed by atoms with Gasteiger partial charge in [0, 0.05) is 36.0 Å². The van der Waals surface area contributed by atoms with Crippen molar-refractivity contribution < 1.29 is 13.6 Å². The monoisotopic (exact) mass is 364 g/mol. The van der Waals surface area contributed by atoms with Crippen LogP contribution in [0.3, 0.4) is 0 Å². The first kappa shape index (κ1) is 16.8. The highest BCUT2D eigenvalue weighted by Gasteiger charge is 2.15. The lowest BCUT2D eigenvalue weighted by Crippen LogP contribution is -2.23. The molecule has 2 heterocycles. The molecule has 2 N–H and O–H groups in total. The lowest BCUT2D eigenvalue weighted by molar-refractivity contribution is 0.0947. The molecule has 0 bridgehead atoms. The molecule has 4 rings (SSSR count). The smallest absolute Gasteiger partial charge is 0.272 e. The summed E-state index contributed by atoms with van der Waals surface area (Å²) in [5, 5.41) is 10.2. The maximum Gasteiger partial charge on any atom is 0.272 e. The number of amides is 1. The Bertz CT molecular complexity index is 1110. The first-order valence-corrected chi connectivity index (χ1v) is 8.22. The van der Waals surface area contributed by atoms with Crippen molar-refractivity contribution in [3.63, 3.8) is 0 Å². The van der Waals surface area contributed by atoms with Gasteiger partial charge in [-0.25, -0.2) is 8.78 Å². The number of carbonyl (C=O) groups excluding carboxylic acids is 1. The van der Waals surface area contributed by atoms with E-state index < -0.39 is 17.5 Å². The number of aromatic nitrogens is 3. The maximum absolute atomic E-state index is 13.3. The molecular weight excluding hydrogens is 350 g/mol. The number of aromatic amines is 1. The highest BCUT2D eigenvalue weighted by Crippen LogP contribution is 2.24. The van der Waals surface area contributed by atoms with Crippen molar-refractivity contribution in [3.8, 4) is 11.1 Å². The van der Waals surface area contributed by atoms with E-state index in [1.165, 1.54) is 12.1 Å². The van der Waals surface area contributed by atoms with Crippen LogP contribution in [0, 0.1) is 11.6 Å². The van der Waals surface area contributed by atoms with Crippen molar-refractivity contribution >= 4 is 16.8 Å². The predicted molar refractivity (Wildman–Crippen MR) is 96.9 cm³/mol. The van der Waals surface area contributed by atoms with Gasteiger partial charge in [-0.05, 0) is 41.5 Å². The molecule has 0 fully saturated rings. The number of nitrogens with one attached hydrogen (secondary N) is 2. The Morgan fingerprint density at radius 1 is 1.04 bits per heavy atom. The molecule has 0 atom stereocenters. The summed E-state index contributed by atoms with van der Waals surface area (Å²) in [4.78, 5) is 16.6. The van der Waals surface area contributed by atoms with Crippen LogP contribution in [0.1, 0.15) is 16.1 Å². The van der Waals surface area contributed by atoms with Gasteiger partial charge in [0.25, 0.3) is 5.91 Å². The number of rotatable bonds is 4. The lowest BCUT2D eigenvalue weighted by Gasteiger charge is -2.05. The Kier molecular flexibility index (Phi) is 4.33.